The maximum Gasteiger partial charge on any atom is 0.239 e. The number of carbonyl (C=O) groups is 2. The molecular weight excluding hydrogens is 296 g/mol. The molecule has 0 fully saturated rings. The van der Waals surface area contributed by atoms with E-state index in [1.54, 1.807) is 0 Å². The van der Waals surface area contributed by atoms with Crippen LogP contribution in [0.1, 0.15) is 19.4 Å². The monoisotopic (exact) mass is 314 g/mol. The van der Waals surface area contributed by atoms with E-state index in [-0.39, 0.29) is 24.4 Å². The second-order valence-corrected chi connectivity index (χ2v) is 6.04. The van der Waals surface area contributed by atoms with Crippen molar-refractivity contribution < 1.29 is 9.59 Å². The summed E-state index contributed by atoms with van der Waals surface area (Å²) in [7, 11) is 0. The maximum absolute atomic E-state index is 11.6. The van der Waals surface area contributed by atoms with Crippen LogP contribution >= 0.6 is 23.4 Å². The Morgan fingerprint density at radius 3 is 2.70 bits per heavy atom. The van der Waals surface area contributed by atoms with Crippen molar-refractivity contribution in [3.63, 3.8) is 0 Å². The van der Waals surface area contributed by atoms with Crippen LogP contribution in [-0.2, 0) is 15.3 Å². The van der Waals surface area contributed by atoms with Crippen molar-refractivity contribution in [2.75, 3.05) is 12.3 Å². The van der Waals surface area contributed by atoms with Crippen LogP contribution in [0.25, 0.3) is 0 Å². The van der Waals surface area contributed by atoms with E-state index in [4.69, 9.17) is 11.6 Å². The van der Waals surface area contributed by atoms with Gasteiger partial charge in [-0.05, 0) is 31.5 Å². The highest BCUT2D eigenvalue weighted by Gasteiger charge is 2.06. The molecule has 0 aliphatic carbocycles. The van der Waals surface area contributed by atoms with Gasteiger partial charge >= 0.3 is 0 Å². The van der Waals surface area contributed by atoms with Crippen LogP contribution in [0.3, 0.4) is 0 Å². The summed E-state index contributed by atoms with van der Waals surface area (Å²) >= 11 is 7.37. The van der Waals surface area contributed by atoms with Gasteiger partial charge in [-0.15, -0.1) is 11.8 Å². The van der Waals surface area contributed by atoms with Gasteiger partial charge in [-0.2, -0.15) is 0 Å². The van der Waals surface area contributed by atoms with Gasteiger partial charge in [-0.3, -0.25) is 9.59 Å². The van der Waals surface area contributed by atoms with E-state index in [1.807, 2.05) is 38.1 Å². The second kappa shape index (κ2) is 8.87. The number of benzene rings is 1. The van der Waals surface area contributed by atoms with E-state index >= 15 is 0 Å². The summed E-state index contributed by atoms with van der Waals surface area (Å²) in [5.74, 6) is 0.720. The molecule has 1 rings (SSSR count). The molecule has 0 aliphatic rings. The van der Waals surface area contributed by atoms with Gasteiger partial charge in [-0.1, -0.05) is 23.7 Å². The fraction of sp³-hybridized carbons (Fsp3) is 0.429. The molecule has 2 amide bonds. The Labute approximate surface area is 128 Å². The van der Waals surface area contributed by atoms with Crippen LogP contribution in [-0.4, -0.2) is 30.2 Å². The zero-order valence-corrected chi connectivity index (χ0v) is 13.2. The highest BCUT2D eigenvalue weighted by Crippen LogP contribution is 2.16. The Balaban J connectivity index is 2.19. The highest BCUT2D eigenvalue weighted by molar-refractivity contribution is 7.99. The zero-order valence-electron chi connectivity index (χ0n) is 11.6. The van der Waals surface area contributed by atoms with Crippen LogP contribution in [0, 0.1) is 0 Å². The fourth-order valence-electron chi connectivity index (χ4n) is 1.49. The summed E-state index contributed by atoms with van der Waals surface area (Å²) in [6.07, 6.45) is 0. The number of amides is 2. The lowest BCUT2D eigenvalue weighted by molar-refractivity contribution is -0.125. The summed E-state index contributed by atoms with van der Waals surface area (Å²) < 4.78 is 0. The van der Waals surface area contributed by atoms with E-state index < -0.39 is 0 Å². The van der Waals surface area contributed by atoms with Crippen LogP contribution in [0.5, 0.6) is 0 Å². The minimum Gasteiger partial charge on any atom is -0.352 e. The van der Waals surface area contributed by atoms with Gasteiger partial charge in [0.2, 0.25) is 11.8 Å². The molecule has 2 N–H and O–H groups in total. The van der Waals surface area contributed by atoms with E-state index in [9.17, 15) is 9.59 Å². The average Bonchev–Trinajstić information content (AvgIpc) is 2.36. The topological polar surface area (TPSA) is 58.2 Å². The summed E-state index contributed by atoms with van der Waals surface area (Å²) in [6.45, 7) is 3.77. The SMILES string of the molecule is CC(C)NC(=O)CNC(=O)CSCc1cccc(Cl)c1. The largest absolute Gasteiger partial charge is 0.352 e. The molecule has 1 aromatic rings. The molecule has 0 aromatic heterocycles. The standard InChI is InChI=1S/C14H19ClN2O2S/c1-10(2)17-13(18)7-16-14(19)9-20-8-11-4-3-5-12(15)6-11/h3-6,10H,7-9H2,1-2H3,(H,16,19)(H,17,18). The number of thioether (sulfide) groups is 1. The van der Waals surface area contributed by atoms with Gasteiger partial charge in [0.05, 0.1) is 12.3 Å². The van der Waals surface area contributed by atoms with Crippen molar-refractivity contribution in [1.29, 1.82) is 0 Å². The molecule has 0 atom stereocenters. The van der Waals surface area contributed by atoms with Gasteiger partial charge in [0.15, 0.2) is 0 Å². The molecular formula is C14H19ClN2O2S. The van der Waals surface area contributed by atoms with Crippen molar-refractivity contribution >= 4 is 35.2 Å². The van der Waals surface area contributed by atoms with Gasteiger partial charge in [0, 0.05) is 16.8 Å². The molecule has 0 heterocycles. The van der Waals surface area contributed by atoms with E-state index in [0.717, 1.165) is 5.56 Å². The second-order valence-electron chi connectivity index (χ2n) is 4.62. The first kappa shape index (κ1) is 16.9. The lowest BCUT2D eigenvalue weighted by Gasteiger charge is -2.09. The number of nitrogens with one attached hydrogen (secondary N) is 2. The van der Waals surface area contributed by atoms with E-state index in [2.05, 4.69) is 10.6 Å². The van der Waals surface area contributed by atoms with Crippen LogP contribution in [0.2, 0.25) is 5.02 Å². The lowest BCUT2D eigenvalue weighted by Crippen LogP contribution is -2.40. The molecule has 0 aliphatic heterocycles. The summed E-state index contributed by atoms with van der Waals surface area (Å²) in [5.41, 5.74) is 1.08. The third-order valence-electron chi connectivity index (χ3n) is 2.29. The molecule has 0 radical (unpaired) electrons. The van der Waals surface area contributed by atoms with Gasteiger partial charge < -0.3 is 10.6 Å². The number of carbonyl (C=O) groups excluding carboxylic acids is 2. The minimum atomic E-state index is -0.173. The minimum absolute atomic E-state index is 0.0226. The summed E-state index contributed by atoms with van der Waals surface area (Å²) in [6, 6.07) is 7.62. The first-order chi connectivity index (χ1) is 9.47. The van der Waals surface area contributed by atoms with Crippen molar-refractivity contribution in [2.24, 2.45) is 0 Å². The van der Waals surface area contributed by atoms with E-state index in [0.29, 0.717) is 16.5 Å². The molecule has 0 unspecified atom stereocenters. The molecule has 0 saturated heterocycles. The molecule has 20 heavy (non-hydrogen) atoms. The smallest absolute Gasteiger partial charge is 0.239 e. The van der Waals surface area contributed by atoms with Gasteiger partial charge in [0.1, 0.15) is 0 Å². The van der Waals surface area contributed by atoms with Crippen LogP contribution in [0.4, 0.5) is 0 Å². The molecule has 6 heteroatoms. The predicted molar refractivity (Wildman–Crippen MR) is 83.9 cm³/mol. The Bertz CT molecular complexity index is 466. The van der Waals surface area contributed by atoms with Crippen LogP contribution in [0.15, 0.2) is 24.3 Å². The zero-order chi connectivity index (χ0) is 15.0. The molecule has 4 nitrogen and oxygen atoms in total. The van der Waals surface area contributed by atoms with Gasteiger partial charge in [0.25, 0.3) is 0 Å². The number of rotatable bonds is 7. The molecule has 1 aromatic carbocycles. The molecule has 0 saturated carbocycles. The number of hydrogen-bond acceptors (Lipinski definition) is 3. The average molecular weight is 315 g/mol. The van der Waals surface area contributed by atoms with E-state index in [1.165, 1.54) is 11.8 Å². The molecule has 110 valence electrons. The highest BCUT2D eigenvalue weighted by atomic mass is 35.5. The number of hydrogen-bond donors (Lipinski definition) is 2. The Morgan fingerprint density at radius 1 is 1.30 bits per heavy atom. The summed E-state index contributed by atoms with van der Waals surface area (Å²) in [4.78, 5) is 22.9. The Kier molecular flexibility index (Phi) is 7.47. The van der Waals surface area contributed by atoms with Crippen molar-refractivity contribution in [1.82, 2.24) is 10.6 Å². The lowest BCUT2D eigenvalue weighted by atomic mass is 10.2. The first-order valence-corrected chi connectivity index (χ1v) is 7.89. The third kappa shape index (κ3) is 7.40. The first-order valence-electron chi connectivity index (χ1n) is 6.35. The molecule has 0 spiro atoms. The Morgan fingerprint density at radius 2 is 2.05 bits per heavy atom. The Hall–Kier alpha value is -1.20. The van der Waals surface area contributed by atoms with Crippen molar-refractivity contribution in [3.05, 3.63) is 34.9 Å². The van der Waals surface area contributed by atoms with Crippen molar-refractivity contribution in [3.8, 4) is 0 Å². The molecule has 0 bridgehead atoms. The normalized spacial score (nSPS) is 10.4. The quantitative estimate of drug-likeness (QED) is 0.811. The maximum atomic E-state index is 11.6. The summed E-state index contributed by atoms with van der Waals surface area (Å²) in [5, 5.41) is 5.99. The predicted octanol–water partition coefficient (Wildman–Crippen LogP) is 2.21. The fourth-order valence-corrected chi connectivity index (χ4v) is 2.51. The van der Waals surface area contributed by atoms with Crippen LogP contribution < -0.4 is 10.6 Å². The van der Waals surface area contributed by atoms with Gasteiger partial charge in [-0.25, -0.2) is 0 Å². The third-order valence-corrected chi connectivity index (χ3v) is 3.53. The van der Waals surface area contributed by atoms with Crippen molar-refractivity contribution in [2.45, 2.75) is 25.6 Å². The number of halogens is 1.